The van der Waals surface area contributed by atoms with Crippen LogP contribution in [-0.4, -0.2) is 91.8 Å². The fraction of sp³-hybridized carbons (Fsp3) is 0.913. The first-order chi connectivity index (χ1) is 52.2. The molecule has 0 bridgehead atoms. The minimum absolute atomic E-state index is 0.0971. The van der Waals surface area contributed by atoms with E-state index in [-0.39, 0.29) is 87.4 Å². The molecule has 0 saturated heterocycles. The van der Waals surface area contributed by atoms with Gasteiger partial charge in [-0.05, 0) is 50.4 Å². The Hall–Kier alpha value is -4.04. The Morgan fingerprint density at radius 3 is 0.645 bits per heavy atom. The van der Waals surface area contributed by atoms with Crippen molar-refractivity contribution < 1.29 is 71.9 Å². The zero-order valence-corrected chi connectivity index (χ0v) is 70.9. The molecule has 0 aromatic rings. The van der Waals surface area contributed by atoms with Gasteiger partial charge in [-0.2, -0.15) is 0 Å². The molecule has 0 saturated carbocycles. The molecule has 0 aliphatic rings. The summed E-state index contributed by atoms with van der Waals surface area (Å²) in [6.45, 7) is 12.6. The van der Waals surface area contributed by atoms with Crippen LogP contribution in [0.4, 0.5) is 0 Å². The maximum Gasteiger partial charge on any atom is 0.306 e. The molecule has 0 fully saturated rings. The first-order valence-electron chi connectivity index (χ1n) is 45.9. The van der Waals surface area contributed by atoms with Crippen LogP contribution in [0, 0.1) is 11.8 Å². The number of rotatable bonds is 84. The summed E-state index contributed by atoms with van der Waals surface area (Å²) in [6, 6.07) is 0. The third-order valence-corrected chi connectivity index (χ3v) is 20.9. The molecular weight excluding hydrogens is 1340 g/mol. The van der Waals surface area contributed by atoms with Crippen molar-refractivity contribution in [3.63, 3.8) is 0 Å². The van der Waals surface area contributed by atoms with Gasteiger partial charge in [0.25, 0.3) is 0 Å². The molecule has 15 nitrogen and oxygen atoms in total. The van der Waals surface area contributed by atoms with E-state index in [0.717, 1.165) is 141 Å². The number of hydrogen-bond donors (Lipinski definition) is 1. The number of esters is 6. The van der Waals surface area contributed by atoms with E-state index in [9.17, 15) is 38.4 Å². The molecule has 0 aliphatic heterocycles. The molecule has 0 heterocycles. The van der Waals surface area contributed by atoms with Crippen LogP contribution in [0.3, 0.4) is 0 Å². The zero-order chi connectivity index (χ0) is 78.6. The van der Waals surface area contributed by atoms with Gasteiger partial charge in [-0.3, -0.25) is 33.6 Å². The quantitative estimate of drug-likeness (QED) is 0.0260. The number of carbonyl (C=O) groups excluding carboxylic acids is 7. The third kappa shape index (κ3) is 85.8. The fourth-order valence-corrected chi connectivity index (χ4v) is 13.9. The Kier molecular flexibility index (Phi) is 84.4. The highest BCUT2D eigenvalue weighted by molar-refractivity contribution is 5.72. The average molecular weight is 1520 g/mol. The molecule has 0 aromatic carbocycles. The Balaban J connectivity index is 0. The molecule has 0 spiro atoms. The van der Waals surface area contributed by atoms with E-state index in [1.807, 2.05) is 13.8 Å². The van der Waals surface area contributed by atoms with Gasteiger partial charge in [0.15, 0.2) is 12.2 Å². The standard InChI is InChI=1S/C46H86O8.C46H86O7/c1-4-6-8-10-12-14-16-18-20-22-24-26-32-36-44(49)52-39-42(54-46(51)38-41(3)34-30-28-29-31-35-43(47)48)40-53-45(50)37-33-27-25-23-21-19-17-15-13-11-9-7-5-2;1-4-6-8-10-12-14-16-18-20-22-24-28-32-36-44(48)51-40-43(53-46(50)39-42(3)35-31-27-26-30-34-38-47)41-52-45(49)37-33-29-25-23-21-19-17-15-13-11-9-7-5-2/h41-42H,4-40H2,1-3H3,(H,47,48);38,42-43H,4-37,39-41H2,1-3H3. The van der Waals surface area contributed by atoms with Crippen LogP contribution in [0.25, 0.3) is 0 Å². The van der Waals surface area contributed by atoms with E-state index in [2.05, 4.69) is 27.7 Å². The summed E-state index contributed by atoms with van der Waals surface area (Å²) >= 11 is 0. The van der Waals surface area contributed by atoms with Gasteiger partial charge < -0.3 is 38.3 Å². The van der Waals surface area contributed by atoms with Crippen LogP contribution >= 0.6 is 0 Å². The van der Waals surface area contributed by atoms with Gasteiger partial charge in [0.05, 0.1) is 0 Å². The van der Waals surface area contributed by atoms with E-state index in [1.165, 1.54) is 257 Å². The highest BCUT2D eigenvalue weighted by Crippen LogP contribution is 2.22. The van der Waals surface area contributed by atoms with E-state index >= 15 is 0 Å². The Bertz CT molecular complexity index is 1890. The summed E-state index contributed by atoms with van der Waals surface area (Å²) < 4.78 is 33.4. The number of carboxylic acid groups (broad SMARTS) is 1. The number of hydrogen-bond acceptors (Lipinski definition) is 14. The van der Waals surface area contributed by atoms with Crippen molar-refractivity contribution in [2.45, 2.75) is 503 Å². The number of aldehydes is 1. The van der Waals surface area contributed by atoms with Gasteiger partial charge in [0.1, 0.15) is 32.7 Å². The van der Waals surface area contributed by atoms with E-state index < -0.39 is 24.1 Å². The van der Waals surface area contributed by atoms with Crippen molar-refractivity contribution in [2.24, 2.45) is 11.8 Å². The van der Waals surface area contributed by atoms with Gasteiger partial charge in [0.2, 0.25) is 0 Å². The van der Waals surface area contributed by atoms with Crippen molar-refractivity contribution >= 4 is 48.1 Å². The van der Waals surface area contributed by atoms with E-state index in [1.54, 1.807) is 0 Å². The maximum atomic E-state index is 12.8. The third-order valence-electron chi connectivity index (χ3n) is 20.9. The average Bonchev–Trinajstić information content (AvgIpc) is 1.06. The molecule has 15 heteroatoms. The molecule has 1 N–H and O–H groups in total. The molecule has 0 amide bonds. The first kappa shape index (κ1) is 105. The van der Waals surface area contributed by atoms with Crippen molar-refractivity contribution in [2.75, 3.05) is 26.4 Å². The van der Waals surface area contributed by atoms with Crippen molar-refractivity contribution in [1.82, 2.24) is 0 Å². The van der Waals surface area contributed by atoms with Gasteiger partial charge in [-0.25, -0.2) is 0 Å². The molecule has 0 aliphatic carbocycles. The minimum Gasteiger partial charge on any atom is -0.481 e. The van der Waals surface area contributed by atoms with Crippen LogP contribution in [-0.2, 0) is 66.8 Å². The van der Waals surface area contributed by atoms with E-state index in [4.69, 9.17) is 33.5 Å². The van der Waals surface area contributed by atoms with Crippen molar-refractivity contribution in [3.05, 3.63) is 0 Å². The van der Waals surface area contributed by atoms with Crippen LogP contribution in [0.1, 0.15) is 491 Å². The van der Waals surface area contributed by atoms with Gasteiger partial charge in [-0.15, -0.1) is 0 Å². The normalized spacial score (nSPS) is 11.9. The van der Waals surface area contributed by atoms with Gasteiger partial charge in [0, 0.05) is 51.4 Å². The largest absolute Gasteiger partial charge is 0.481 e. The number of unbranched alkanes of at least 4 members (excludes halogenated alkanes) is 55. The molecule has 630 valence electrons. The minimum atomic E-state index is -0.827. The molecule has 2 unspecified atom stereocenters. The van der Waals surface area contributed by atoms with E-state index in [0.29, 0.717) is 38.5 Å². The predicted molar refractivity (Wildman–Crippen MR) is 442 cm³/mol. The molecule has 0 aromatic heterocycles. The second-order valence-corrected chi connectivity index (χ2v) is 32.0. The zero-order valence-electron chi connectivity index (χ0n) is 70.9. The Morgan fingerprint density at radius 1 is 0.252 bits per heavy atom. The monoisotopic (exact) mass is 1520 g/mol. The van der Waals surface area contributed by atoms with Crippen LogP contribution < -0.4 is 0 Å². The lowest BCUT2D eigenvalue weighted by Crippen LogP contribution is -2.31. The Morgan fingerprint density at radius 2 is 0.439 bits per heavy atom. The second kappa shape index (κ2) is 86.0. The SMILES string of the molecule is CCCCCCCCCCCCCCCC(=O)OCC(COC(=O)CCCCCCCCCCCCCCC)OC(=O)CC(C)CCCCCCC(=O)O.CCCCCCCCCCCCCCCC(=O)OCC(COC(=O)CCCCCCCCCCCCCCC)OC(=O)CC(C)CCCCCCC=O. The molecule has 2 atom stereocenters. The number of carbonyl (C=O) groups is 8. The smallest absolute Gasteiger partial charge is 0.306 e. The highest BCUT2D eigenvalue weighted by Gasteiger charge is 2.23. The molecular formula is C92H172O15. The maximum absolute atomic E-state index is 12.8. The summed E-state index contributed by atoms with van der Waals surface area (Å²) in [5.41, 5.74) is 0. The van der Waals surface area contributed by atoms with Crippen LogP contribution in [0.5, 0.6) is 0 Å². The summed E-state index contributed by atoms with van der Waals surface area (Å²) in [7, 11) is 0. The number of ether oxygens (including phenoxy) is 6. The number of aliphatic carboxylic acids is 1. The lowest BCUT2D eigenvalue weighted by molar-refractivity contribution is -0.167. The topological polar surface area (TPSA) is 212 Å². The highest BCUT2D eigenvalue weighted by atomic mass is 16.6. The van der Waals surface area contributed by atoms with Crippen LogP contribution in [0.15, 0.2) is 0 Å². The summed E-state index contributed by atoms with van der Waals surface area (Å²) in [5.74, 6) is -2.47. The predicted octanol–water partition coefficient (Wildman–Crippen LogP) is 26.9. The van der Waals surface area contributed by atoms with Crippen molar-refractivity contribution in [3.8, 4) is 0 Å². The summed E-state index contributed by atoms with van der Waals surface area (Å²) in [6.07, 6.45) is 75.7. The van der Waals surface area contributed by atoms with Crippen molar-refractivity contribution in [1.29, 1.82) is 0 Å². The lowest BCUT2D eigenvalue weighted by Gasteiger charge is -2.19. The second-order valence-electron chi connectivity index (χ2n) is 32.0. The first-order valence-corrected chi connectivity index (χ1v) is 45.9. The molecule has 0 rings (SSSR count). The number of carboxylic acids is 1. The molecule has 0 radical (unpaired) electrons. The lowest BCUT2D eigenvalue weighted by atomic mass is 9.99. The van der Waals surface area contributed by atoms with Crippen LogP contribution in [0.2, 0.25) is 0 Å². The summed E-state index contributed by atoms with van der Waals surface area (Å²) in [4.78, 5) is 96.9. The van der Waals surface area contributed by atoms with Gasteiger partial charge >= 0.3 is 41.8 Å². The fourth-order valence-electron chi connectivity index (χ4n) is 13.9. The van der Waals surface area contributed by atoms with Gasteiger partial charge in [-0.1, -0.05) is 401 Å². The molecule has 107 heavy (non-hydrogen) atoms. The summed E-state index contributed by atoms with van der Waals surface area (Å²) in [5, 5.41) is 8.79. The Labute approximate surface area is 658 Å².